The maximum atomic E-state index is 5.73. The molecule has 1 aromatic rings. The van der Waals surface area contributed by atoms with Crippen LogP contribution in [0.25, 0.3) is 0 Å². The molecule has 5 heteroatoms. The number of rotatable bonds is 5. The van der Waals surface area contributed by atoms with Gasteiger partial charge in [0, 0.05) is 39.8 Å². The van der Waals surface area contributed by atoms with Crippen LogP contribution in [0.3, 0.4) is 0 Å². The fourth-order valence-corrected chi connectivity index (χ4v) is 3.00. The van der Waals surface area contributed by atoms with E-state index in [-0.39, 0.29) is 5.41 Å². The van der Waals surface area contributed by atoms with E-state index in [0.717, 1.165) is 30.8 Å². The minimum absolute atomic E-state index is 0.189. The van der Waals surface area contributed by atoms with Gasteiger partial charge in [0.1, 0.15) is 0 Å². The second kappa shape index (κ2) is 4.93. The Morgan fingerprint density at radius 2 is 2.40 bits per heavy atom. The fourth-order valence-electron chi connectivity index (χ4n) is 1.58. The van der Waals surface area contributed by atoms with Crippen molar-refractivity contribution < 1.29 is 4.74 Å². The van der Waals surface area contributed by atoms with Crippen molar-refractivity contribution in [1.82, 2.24) is 5.32 Å². The van der Waals surface area contributed by atoms with Gasteiger partial charge in [0.2, 0.25) is 0 Å². The first kappa shape index (κ1) is 11.5. The van der Waals surface area contributed by atoms with Crippen LogP contribution in [-0.4, -0.2) is 26.3 Å². The van der Waals surface area contributed by atoms with E-state index in [0.29, 0.717) is 6.54 Å². The largest absolute Gasteiger partial charge is 0.380 e. The molecule has 1 aliphatic rings. The van der Waals surface area contributed by atoms with Gasteiger partial charge in [0.05, 0.1) is 13.2 Å². The van der Waals surface area contributed by atoms with Crippen LogP contribution in [0.15, 0.2) is 15.9 Å². The summed E-state index contributed by atoms with van der Waals surface area (Å²) in [6, 6.07) is 2.14. The van der Waals surface area contributed by atoms with Crippen molar-refractivity contribution >= 4 is 27.3 Å². The van der Waals surface area contributed by atoms with Crippen LogP contribution in [0.1, 0.15) is 4.88 Å². The maximum Gasteiger partial charge on any atom is 0.0569 e. The lowest BCUT2D eigenvalue weighted by molar-refractivity contribution is -0.105. The summed E-state index contributed by atoms with van der Waals surface area (Å²) in [5.74, 6) is 0. The molecule has 3 N–H and O–H groups in total. The molecule has 0 radical (unpaired) electrons. The molecule has 0 aliphatic carbocycles. The molecule has 0 atom stereocenters. The summed E-state index contributed by atoms with van der Waals surface area (Å²) >= 11 is 5.21. The first-order chi connectivity index (χ1) is 7.24. The highest BCUT2D eigenvalue weighted by atomic mass is 79.9. The van der Waals surface area contributed by atoms with E-state index < -0.39 is 0 Å². The summed E-state index contributed by atoms with van der Waals surface area (Å²) < 4.78 is 6.37. The van der Waals surface area contributed by atoms with Crippen LogP contribution < -0.4 is 11.1 Å². The Kier molecular flexibility index (Phi) is 3.79. The van der Waals surface area contributed by atoms with Crippen molar-refractivity contribution in [3.63, 3.8) is 0 Å². The number of halogens is 1. The van der Waals surface area contributed by atoms with Gasteiger partial charge in [-0.15, -0.1) is 11.3 Å². The summed E-state index contributed by atoms with van der Waals surface area (Å²) in [5, 5.41) is 5.54. The van der Waals surface area contributed by atoms with E-state index in [2.05, 4.69) is 32.7 Å². The predicted molar refractivity (Wildman–Crippen MR) is 66.0 cm³/mol. The van der Waals surface area contributed by atoms with Gasteiger partial charge in [-0.1, -0.05) is 0 Å². The van der Waals surface area contributed by atoms with E-state index >= 15 is 0 Å². The van der Waals surface area contributed by atoms with Crippen molar-refractivity contribution in [2.75, 3.05) is 26.3 Å². The van der Waals surface area contributed by atoms with Crippen LogP contribution in [0.4, 0.5) is 0 Å². The molecule has 0 saturated carbocycles. The van der Waals surface area contributed by atoms with E-state index in [1.165, 1.54) is 4.88 Å². The van der Waals surface area contributed by atoms with Crippen molar-refractivity contribution in [2.24, 2.45) is 11.1 Å². The van der Waals surface area contributed by atoms with Gasteiger partial charge in [-0.2, -0.15) is 0 Å². The molecule has 0 aromatic carbocycles. The van der Waals surface area contributed by atoms with E-state index in [1.54, 1.807) is 11.3 Å². The highest BCUT2D eigenvalue weighted by Crippen LogP contribution is 2.25. The molecule has 2 heterocycles. The van der Waals surface area contributed by atoms with Gasteiger partial charge in [-0.05, 0) is 22.0 Å². The zero-order valence-electron chi connectivity index (χ0n) is 8.46. The summed E-state index contributed by atoms with van der Waals surface area (Å²) in [7, 11) is 0. The number of hydrogen-bond donors (Lipinski definition) is 2. The third kappa shape index (κ3) is 2.79. The van der Waals surface area contributed by atoms with Gasteiger partial charge in [-0.25, -0.2) is 0 Å². The molecule has 0 unspecified atom stereocenters. The first-order valence-corrected chi connectivity index (χ1v) is 6.63. The Morgan fingerprint density at radius 3 is 2.87 bits per heavy atom. The summed E-state index contributed by atoms with van der Waals surface area (Å²) in [4.78, 5) is 1.34. The Labute approximate surface area is 102 Å². The lowest BCUT2D eigenvalue weighted by Crippen LogP contribution is -2.54. The molecule has 15 heavy (non-hydrogen) atoms. The molecule has 3 nitrogen and oxygen atoms in total. The van der Waals surface area contributed by atoms with Crippen molar-refractivity contribution in [1.29, 1.82) is 0 Å². The van der Waals surface area contributed by atoms with Gasteiger partial charge < -0.3 is 15.8 Å². The molecular weight excluding hydrogens is 276 g/mol. The van der Waals surface area contributed by atoms with Gasteiger partial charge in [-0.3, -0.25) is 0 Å². The molecule has 0 bridgehead atoms. The van der Waals surface area contributed by atoms with Gasteiger partial charge >= 0.3 is 0 Å². The monoisotopic (exact) mass is 290 g/mol. The summed E-state index contributed by atoms with van der Waals surface area (Å²) in [5.41, 5.74) is 5.92. The average molecular weight is 291 g/mol. The Morgan fingerprint density at radius 1 is 1.60 bits per heavy atom. The lowest BCUT2D eigenvalue weighted by Gasteiger charge is -2.40. The molecule has 1 aliphatic heterocycles. The number of nitrogens with two attached hydrogens (primary N) is 1. The van der Waals surface area contributed by atoms with E-state index in [4.69, 9.17) is 10.5 Å². The van der Waals surface area contributed by atoms with E-state index in [1.807, 2.05) is 0 Å². The molecule has 1 saturated heterocycles. The normalized spacial score (nSPS) is 18.8. The first-order valence-electron chi connectivity index (χ1n) is 4.96. The highest BCUT2D eigenvalue weighted by molar-refractivity contribution is 9.10. The zero-order chi connectivity index (χ0) is 10.7. The molecule has 1 fully saturated rings. The van der Waals surface area contributed by atoms with Gasteiger partial charge in [0.15, 0.2) is 0 Å². The zero-order valence-corrected chi connectivity index (χ0v) is 10.9. The molecule has 1 aromatic heterocycles. The molecule has 0 spiro atoms. The molecule has 0 amide bonds. The predicted octanol–water partition coefficient (Wildman–Crippen LogP) is 1.58. The topological polar surface area (TPSA) is 47.3 Å². The summed E-state index contributed by atoms with van der Waals surface area (Å²) in [6.07, 6.45) is 0. The fraction of sp³-hybridized carbons (Fsp3) is 0.600. The average Bonchev–Trinajstić information content (AvgIpc) is 2.56. The Balaban J connectivity index is 1.74. The van der Waals surface area contributed by atoms with Crippen LogP contribution >= 0.6 is 27.3 Å². The quantitative estimate of drug-likeness (QED) is 0.866. The third-order valence-electron chi connectivity index (χ3n) is 2.67. The highest BCUT2D eigenvalue weighted by Gasteiger charge is 2.36. The van der Waals surface area contributed by atoms with Crippen molar-refractivity contribution in [3.8, 4) is 0 Å². The van der Waals surface area contributed by atoms with E-state index in [9.17, 15) is 0 Å². The van der Waals surface area contributed by atoms with Crippen LogP contribution in [0.2, 0.25) is 0 Å². The van der Waals surface area contributed by atoms with Crippen LogP contribution in [0, 0.1) is 5.41 Å². The number of nitrogens with one attached hydrogen (secondary N) is 1. The Bertz CT molecular complexity index is 319. The van der Waals surface area contributed by atoms with Gasteiger partial charge in [0.25, 0.3) is 0 Å². The number of ether oxygens (including phenoxy) is 1. The standard InChI is InChI=1S/C10H15BrN2OS/c11-8-1-9(15-3-8)2-13-5-10(4-12)6-14-7-10/h1,3,13H,2,4-7,12H2. The smallest absolute Gasteiger partial charge is 0.0569 e. The molecule has 84 valence electrons. The van der Waals surface area contributed by atoms with Crippen molar-refractivity contribution in [2.45, 2.75) is 6.54 Å². The van der Waals surface area contributed by atoms with Crippen LogP contribution in [0.5, 0.6) is 0 Å². The van der Waals surface area contributed by atoms with Crippen molar-refractivity contribution in [3.05, 3.63) is 20.8 Å². The summed E-state index contributed by atoms with van der Waals surface area (Å²) in [6.45, 7) is 4.15. The van der Waals surface area contributed by atoms with Crippen LogP contribution in [-0.2, 0) is 11.3 Å². The minimum Gasteiger partial charge on any atom is -0.380 e. The number of thiophene rings is 1. The maximum absolute atomic E-state index is 5.73. The minimum atomic E-state index is 0.189. The second-order valence-electron chi connectivity index (χ2n) is 4.03. The second-order valence-corrected chi connectivity index (χ2v) is 5.94. The Hall–Kier alpha value is 0.0600. The third-order valence-corrected chi connectivity index (χ3v) is 4.37. The number of hydrogen-bond acceptors (Lipinski definition) is 4. The lowest BCUT2D eigenvalue weighted by atomic mass is 9.86. The molecular formula is C10H15BrN2OS. The SMILES string of the molecule is NCC1(CNCc2cc(Br)cs2)COC1. The molecule has 2 rings (SSSR count).